The number of sulfonamides is 1. The molecule has 0 unspecified atom stereocenters. The average molecular weight is 400 g/mol. The number of carbonyl (C=O) groups excluding carboxylic acids is 2. The predicted molar refractivity (Wildman–Crippen MR) is 99.2 cm³/mol. The second-order valence-electron chi connectivity index (χ2n) is 7.20. The van der Waals surface area contributed by atoms with Gasteiger partial charge in [0.2, 0.25) is 11.8 Å². The Morgan fingerprint density at radius 3 is 2.27 bits per heavy atom. The van der Waals surface area contributed by atoms with Crippen LogP contribution in [0.4, 0.5) is 0 Å². The molecule has 0 bridgehead atoms. The summed E-state index contributed by atoms with van der Waals surface area (Å²) >= 11 is 1.12. The largest absolute Gasteiger partial charge is 0.339 e. The summed E-state index contributed by atoms with van der Waals surface area (Å²) in [6, 6.07) is 2.38. The van der Waals surface area contributed by atoms with Gasteiger partial charge < -0.3 is 9.80 Å². The molecule has 1 aliphatic heterocycles. The second kappa shape index (κ2) is 7.66. The molecule has 0 spiro atoms. The molecule has 3 rings (SSSR count). The van der Waals surface area contributed by atoms with Crippen molar-refractivity contribution in [2.24, 2.45) is 11.8 Å². The molecule has 2 heterocycles. The lowest BCUT2D eigenvalue weighted by atomic mass is 10.0. The van der Waals surface area contributed by atoms with Gasteiger partial charge in [0.25, 0.3) is 10.0 Å². The maximum absolute atomic E-state index is 12.9. The zero-order chi connectivity index (χ0) is 18.9. The monoisotopic (exact) mass is 399 g/mol. The average Bonchev–Trinajstić information content (AvgIpc) is 3.31. The van der Waals surface area contributed by atoms with Gasteiger partial charge in [-0.3, -0.25) is 9.59 Å². The van der Waals surface area contributed by atoms with Crippen molar-refractivity contribution >= 4 is 33.2 Å². The fourth-order valence-electron chi connectivity index (χ4n) is 3.05. The second-order valence-corrected chi connectivity index (χ2v) is 10.1. The van der Waals surface area contributed by atoms with Crippen LogP contribution in [0.3, 0.4) is 0 Å². The summed E-state index contributed by atoms with van der Waals surface area (Å²) in [5.74, 6) is -0.0313. The van der Waals surface area contributed by atoms with E-state index in [0.29, 0.717) is 26.2 Å². The third-order valence-corrected chi connectivity index (χ3v) is 7.64. The highest BCUT2D eigenvalue weighted by atomic mass is 32.2. The van der Waals surface area contributed by atoms with Gasteiger partial charge in [-0.1, -0.05) is 19.9 Å². The van der Waals surface area contributed by atoms with Crippen molar-refractivity contribution in [2.45, 2.75) is 36.9 Å². The Hall–Kier alpha value is -1.45. The molecule has 1 atom stereocenters. The van der Waals surface area contributed by atoms with E-state index < -0.39 is 16.1 Å². The van der Waals surface area contributed by atoms with E-state index in [1.807, 2.05) is 18.7 Å². The minimum Gasteiger partial charge on any atom is -0.339 e. The van der Waals surface area contributed by atoms with Crippen molar-refractivity contribution in [1.82, 2.24) is 14.5 Å². The topological polar surface area (TPSA) is 86.8 Å². The van der Waals surface area contributed by atoms with Crippen LogP contribution in [0.15, 0.2) is 21.7 Å². The van der Waals surface area contributed by atoms with Crippen LogP contribution in [0, 0.1) is 11.8 Å². The number of nitrogens with one attached hydrogen (secondary N) is 1. The van der Waals surface area contributed by atoms with Gasteiger partial charge >= 0.3 is 0 Å². The molecule has 1 saturated carbocycles. The Labute approximate surface area is 158 Å². The van der Waals surface area contributed by atoms with Crippen molar-refractivity contribution in [1.29, 1.82) is 0 Å². The van der Waals surface area contributed by atoms with Crippen LogP contribution in [0.1, 0.15) is 26.7 Å². The summed E-state index contributed by atoms with van der Waals surface area (Å²) in [6.45, 7) is 5.58. The minimum atomic E-state index is -3.72. The molecule has 26 heavy (non-hydrogen) atoms. The normalized spacial score (nSPS) is 19.7. The van der Waals surface area contributed by atoms with E-state index >= 15 is 0 Å². The number of nitrogens with zero attached hydrogens (tertiary/aromatic N) is 2. The molecule has 7 nitrogen and oxygen atoms in total. The van der Waals surface area contributed by atoms with Gasteiger partial charge in [-0.25, -0.2) is 8.42 Å². The highest BCUT2D eigenvalue weighted by Crippen LogP contribution is 2.31. The maximum atomic E-state index is 12.9. The molecular formula is C17H25N3O4S2. The van der Waals surface area contributed by atoms with Crippen molar-refractivity contribution in [3.05, 3.63) is 17.5 Å². The molecule has 144 valence electrons. The van der Waals surface area contributed by atoms with Gasteiger partial charge in [0.05, 0.1) is 0 Å². The minimum absolute atomic E-state index is 0.177. The van der Waals surface area contributed by atoms with Gasteiger partial charge in [0, 0.05) is 32.1 Å². The third-order valence-electron chi connectivity index (χ3n) is 4.80. The van der Waals surface area contributed by atoms with E-state index in [1.165, 1.54) is 6.07 Å². The standard InChI is InChI=1S/C17H25N3O4S2/c1-12(2)15(18-26(23,24)14-4-3-11-25-14)17(22)20-9-7-19(8-10-20)16(21)13-5-6-13/h3-4,11-13,15,18H,5-10H2,1-2H3/t15-/m0/s1. The summed E-state index contributed by atoms with van der Waals surface area (Å²) in [4.78, 5) is 28.5. The Morgan fingerprint density at radius 1 is 1.15 bits per heavy atom. The Morgan fingerprint density at radius 2 is 1.77 bits per heavy atom. The van der Waals surface area contributed by atoms with Crippen LogP contribution in [-0.4, -0.2) is 62.3 Å². The maximum Gasteiger partial charge on any atom is 0.250 e. The number of piperazine rings is 1. The molecule has 1 aromatic heterocycles. The van der Waals surface area contributed by atoms with Crippen molar-refractivity contribution in [3.63, 3.8) is 0 Å². The summed E-state index contributed by atoms with van der Waals surface area (Å²) < 4.78 is 27.8. The molecule has 2 amide bonds. The quantitative estimate of drug-likeness (QED) is 0.777. The molecule has 2 aliphatic rings. The summed E-state index contributed by atoms with van der Waals surface area (Å²) in [5, 5.41) is 1.69. The van der Waals surface area contributed by atoms with Crippen LogP contribution in [0.5, 0.6) is 0 Å². The smallest absolute Gasteiger partial charge is 0.250 e. The van der Waals surface area contributed by atoms with Crippen LogP contribution in [0.2, 0.25) is 0 Å². The molecule has 1 N–H and O–H groups in total. The van der Waals surface area contributed by atoms with Gasteiger partial charge in [-0.15, -0.1) is 11.3 Å². The van der Waals surface area contributed by atoms with E-state index in [1.54, 1.807) is 16.3 Å². The summed E-state index contributed by atoms with van der Waals surface area (Å²) in [5.41, 5.74) is 0. The molecule has 2 fully saturated rings. The first kappa shape index (κ1) is 19.3. The van der Waals surface area contributed by atoms with Crippen LogP contribution < -0.4 is 4.72 Å². The number of hydrogen-bond acceptors (Lipinski definition) is 5. The lowest BCUT2D eigenvalue weighted by Gasteiger charge is -2.37. The van der Waals surface area contributed by atoms with Crippen LogP contribution in [-0.2, 0) is 19.6 Å². The first-order valence-electron chi connectivity index (χ1n) is 8.93. The van der Waals surface area contributed by atoms with E-state index in [0.717, 1.165) is 24.2 Å². The Kier molecular flexibility index (Phi) is 5.69. The molecule has 1 saturated heterocycles. The summed E-state index contributed by atoms with van der Waals surface area (Å²) in [7, 11) is -3.72. The van der Waals surface area contributed by atoms with Gasteiger partial charge in [-0.2, -0.15) is 4.72 Å². The van der Waals surface area contributed by atoms with E-state index in [9.17, 15) is 18.0 Å². The van der Waals surface area contributed by atoms with Crippen LogP contribution >= 0.6 is 11.3 Å². The lowest BCUT2D eigenvalue weighted by molar-refractivity contribution is -0.141. The first-order chi connectivity index (χ1) is 12.3. The lowest BCUT2D eigenvalue weighted by Crippen LogP contribution is -2.57. The highest BCUT2D eigenvalue weighted by Gasteiger charge is 2.37. The fraction of sp³-hybridized carbons (Fsp3) is 0.647. The number of hydrogen-bond donors (Lipinski definition) is 1. The third kappa shape index (κ3) is 4.27. The Balaban J connectivity index is 1.63. The SMILES string of the molecule is CC(C)[C@H](NS(=O)(=O)c1cccs1)C(=O)N1CCN(C(=O)C2CC2)CC1. The molecule has 1 aromatic rings. The number of rotatable bonds is 6. The number of amides is 2. The molecular weight excluding hydrogens is 374 g/mol. The van der Waals surface area contributed by atoms with Crippen molar-refractivity contribution in [2.75, 3.05) is 26.2 Å². The zero-order valence-electron chi connectivity index (χ0n) is 15.1. The van der Waals surface area contributed by atoms with Gasteiger partial charge in [0.15, 0.2) is 0 Å². The van der Waals surface area contributed by atoms with Crippen molar-refractivity contribution < 1.29 is 18.0 Å². The Bertz CT molecular complexity index is 749. The molecule has 0 aromatic carbocycles. The zero-order valence-corrected chi connectivity index (χ0v) is 16.7. The van der Waals surface area contributed by atoms with E-state index in [4.69, 9.17) is 0 Å². The van der Waals surface area contributed by atoms with Gasteiger partial charge in [0.1, 0.15) is 10.3 Å². The van der Waals surface area contributed by atoms with Crippen LogP contribution in [0.25, 0.3) is 0 Å². The fourth-order valence-corrected chi connectivity index (χ4v) is 5.39. The summed E-state index contributed by atoms with van der Waals surface area (Å²) in [6.07, 6.45) is 1.94. The predicted octanol–water partition coefficient (Wildman–Crippen LogP) is 1.13. The van der Waals surface area contributed by atoms with Crippen molar-refractivity contribution in [3.8, 4) is 0 Å². The first-order valence-corrected chi connectivity index (χ1v) is 11.3. The van der Waals surface area contributed by atoms with Gasteiger partial charge in [-0.05, 0) is 30.2 Å². The van der Waals surface area contributed by atoms with E-state index in [2.05, 4.69) is 4.72 Å². The highest BCUT2D eigenvalue weighted by molar-refractivity contribution is 7.91. The molecule has 1 aliphatic carbocycles. The molecule has 0 radical (unpaired) electrons. The number of thiophene rings is 1. The van der Waals surface area contributed by atoms with E-state index in [-0.39, 0.29) is 27.9 Å². The molecule has 9 heteroatoms. The number of carbonyl (C=O) groups is 2.